The number of pyridine rings is 1. The highest BCUT2D eigenvalue weighted by atomic mass is 32.2. The number of aromatic nitrogens is 1. The van der Waals surface area contributed by atoms with Crippen LogP contribution in [0.1, 0.15) is 42.0 Å². The van der Waals surface area contributed by atoms with Gasteiger partial charge in [0.15, 0.2) is 5.88 Å². The van der Waals surface area contributed by atoms with Crippen molar-refractivity contribution in [3.8, 4) is 0 Å². The molecule has 3 rings (SSSR count). The quantitative estimate of drug-likeness (QED) is 0.473. The number of aryl methyl sites for hydroxylation is 1. The minimum Gasteiger partial charge on any atom is -0.478 e. The van der Waals surface area contributed by atoms with Gasteiger partial charge in [0, 0.05) is 24.1 Å². The van der Waals surface area contributed by atoms with Crippen molar-refractivity contribution >= 4 is 24.4 Å². The van der Waals surface area contributed by atoms with E-state index >= 15 is 0 Å². The normalized spacial score (nSPS) is 17.1. The number of carbonyl (C=O) groups excluding carboxylic acids is 1. The predicted octanol–water partition coefficient (Wildman–Crippen LogP) is 2.91. The highest BCUT2D eigenvalue weighted by Crippen LogP contribution is 2.42. The Kier molecular flexibility index (Phi) is 5.00. The van der Waals surface area contributed by atoms with Crippen molar-refractivity contribution in [2.24, 2.45) is 4.99 Å². The molecule has 0 radical (unpaired) electrons. The fraction of sp³-hybridized carbons (Fsp3) is 0.471. The molecular formula is C17H21N3O2S. The Balaban J connectivity index is 1.56. The molecule has 1 aromatic rings. The van der Waals surface area contributed by atoms with E-state index in [2.05, 4.69) is 35.0 Å². The molecule has 23 heavy (non-hydrogen) atoms. The zero-order valence-corrected chi connectivity index (χ0v) is 14.1. The van der Waals surface area contributed by atoms with Gasteiger partial charge in [0.05, 0.1) is 18.1 Å². The van der Waals surface area contributed by atoms with Crippen LogP contribution in [0.2, 0.25) is 0 Å². The topological polar surface area (TPSA) is 63.6 Å². The van der Waals surface area contributed by atoms with Gasteiger partial charge in [0.1, 0.15) is 0 Å². The van der Waals surface area contributed by atoms with Gasteiger partial charge in [-0.2, -0.15) is 0 Å². The maximum absolute atomic E-state index is 11.6. The van der Waals surface area contributed by atoms with Crippen LogP contribution in [0, 0.1) is 6.92 Å². The van der Waals surface area contributed by atoms with Crippen molar-refractivity contribution in [2.75, 3.05) is 12.5 Å². The van der Waals surface area contributed by atoms with Gasteiger partial charge >= 0.3 is 0 Å². The average Bonchev–Trinajstić information content (AvgIpc) is 3.30. The van der Waals surface area contributed by atoms with Crippen LogP contribution in [-0.2, 0) is 15.3 Å². The summed E-state index contributed by atoms with van der Waals surface area (Å²) in [6.07, 6.45) is 5.09. The van der Waals surface area contributed by atoms with Crippen molar-refractivity contribution < 1.29 is 9.53 Å². The van der Waals surface area contributed by atoms with Crippen LogP contribution in [0.4, 0.5) is 0 Å². The number of thioether (sulfide) groups is 1. The molecule has 1 N–H and O–H groups in total. The summed E-state index contributed by atoms with van der Waals surface area (Å²) in [5.74, 6) is 2.58. The zero-order chi connectivity index (χ0) is 16.2. The fourth-order valence-electron chi connectivity index (χ4n) is 2.76. The molecule has 6 heteroatoms. The molecule has 2 heterocycles. The first kappa shape index (κ1) is 16.1. The number of nitrogens with zero attached hydrogens (tertiary/aromatic N) is 2. The van der Waals surface area contributed by atoms with Gasteiger partial charge in [-0.05, 0) is 49.6 Å². The van der Waals surface area contributed by atoms with Crippen LogP contribution in [-0.4, -0.2) is 30.1 Å². The summed E-state index contributed by atoms with van der Waals surface area (Å²) in [6, 6.07) is 2.16. The largest absolute Gasteiger partial charge is 0.478 e. The van der Waals surface area contributed by atoms with Crippen molar-refractivity contribution in [3.05, 3.63) is 40.5 Å². The molecule has 1 aromatic heterocycles. The second kappa shape index (κ2) is 7.17. The summed E-state index contributed by atoms with van der Waals surface area (Å²) in [5.41, 5.74) is 4.52. The first-order chi connectivity index (χ1) is 11.2. The lowest BCUT2D eigenvalue weighted by Crippen LogP contribution is -2.16. The molecule has 0 spiro atoms. The molecule has 1 fully saturated rings. The number of nitrogens with one attached hydrogen (secondary N) is 1. The van der Waals surface area contributed by atoms with E-state index in [1.807, 2.05) is 6.20 Å². The third-order valence-electron chi connectivity index (χ3n) is 4.18. The van der Waals surface area contributed by atoms with Gasteiger partial charge in [0.2, 0.25) is 0 Å². The van der Waals surface area contributed by atoms with Gasteiger partial charge in [-0.25, -0.2) is 4.99 Å². The van der Waals surface area contributed by atoms with Gasteiger partial charge in [-0.15, -0.1) is 11.8 Å². The number of hydrogen-bond acceptors (Lipinski definition) is 5. The second-order valence-corrected chi connectivity index (χ2v) is 6.76. The highest BCUT2D eigenvalue weighted by Gasteiger charge is 2.26. The van der Waals surface area contributed by atoms with E-state index in [0.29, 0.717) is 30.4 Å². The molecule has 1 aliphatic heterocycles. The molecule has 0 aromatic carbocycles. The Morgan fingerprint density at radius 1 is 1.57 bits per heavy atom. The van der Waals surface area contributed by atoms with Crippen LogP contribution in [0.15, 0.2) is 28.7 Å². The zero-order valence-electron chi connectivity index (χ0n) is 13.3. The van der Waals surface area contributed by atoms with E-state index in [0.717, 1.165) is 17.4 Å². The maximum atomic E-state index is 11.6. The number of rotatable bonds is 7. The average molecular weight is 331 g/mol. The lowest BCUT2D eigenvalue weighted by molar-refractivity contribution is -0.114. The Morgan fingerprint density at radius 3 is 3.13 bits per heavy atom. The molecule has 5 nitrogen and oxygen atoms in total. The highest BCUT2D eigenvalue weighted by molar-refractivity contribution is 7.98. The number of aliphatic imine (C=N–C) groups is 1. The Bertz CT molecular complexity index is 653. The first-order valence-corrected chi connectivity index (χ1v) is 8.99. The van der Waals surface area contributed by atoms with Crippen LogP contribution < -0.4 is 5.32 Å². The Hall–Kier alpha value is -1.82. The molecule has 0 unspecified atom stereocenters. The number of carbonyl (C=O) groups is 1. The third kappa shape index (κ3) is 3.75. The third-order valence-corrected chi connectivity index (χ3v) is 5.02. The van der Waals surface area contributed by atoms with E-state index in [1.54, 1.807) is 11.8 Å². The molecule has 1 amide bonds. The summed E-state index contributed by atoms with van der Waals surface area (Å²) in [7, 11) is 0. The van der Waals surface area contributed by atoms with E-state index < -0.39 is 0 Å². The van der Waals surface area contributed by atoms with Gasteiger partial charge in [-0.1, -0.05) is 0 Å². The standard InChI is InChI=1S/C17H21N3O2S/c1-11-15(13(5-7-19-11)12-3-4-12)9-23-10-20-17-14(6-8-22-17)16(21)18-2/h5,7,12,20H,2-4,6,8-10H2,1H3. The SMILES string of the molecule is C=NC(=O)C1=C(NCSCc2c(C3CC3)ccnc2C)OCC1. The maximum Gasteiger partial charge on any atom is 0.277 e. The second-order valence-electron chi connectivity index (χ2n) is 5.78. The number of ether oxygens (including phenoxy) is 1. The summed E-state index contributed by atoms with van der Waals surface area (Å²) in [5, 5.41) is 3.19. The lowest BCUT2D eigenvalue weighted by atomic mass is 10.0. The van der Waals surface area contributed by atoms with E-state index in [4.69, 9.17) is 4.74 Å². The molecule has 0 saturated heterocycles. The molecule has 2 aliphatic rings. The molecule has 1 saturated carbocycles. The predicted molar refractivity (Wildman–Crippen MR) is 92.4 cm³/mol. The van der Waals surface area contributed by atoms with E-state index in [1.165, 1.54) is 24.0 Å². The van der Waals surface area contributed by atoms with Crippen LogP contribution in [0.3, 0.4) is 0 Å². The summed E-state index contributed by atoms with van der Waals surface area (Å²) in [4.78, 5) is 19.5. The molecule has 0 bridgehead atoms. The minimum absolute atomic E-state index is 0.297. The molecule has 1 aliphatic carbocycles. The Morgan fingerprint density at radius 2 is 2.39 bits per heavy atom. The summed E-state index contributed by atoms with van der Waals surface area (Å²) >= 11 is 1.77. The lowest BCUT2D eigenvalue weighted by Gasteiger charge is -2.12. The van der Waals surface area contributed by atoms with Gasteiger partial charge in [-0.3, -0.25) is 9.78 Å². The molecule has 122 valence electrons. The van der Waals surface area contributed by atoms with Crippen LogP contribution in [0.25, 0.3) is 0 Å². The Labute approximate surface area is 140 Å². The smallest absolute Gasteiger partial charge is 0.277 e. The van der Waals surface area contributed by atoms with Crippen LogP contribution in [0.5, 0.6) is 0 Å². The first-order valence-electron chi connectivity index (χ1n) is 7.83. The number of amides is 1. The summed E-state index contributed by atoms with van der Waals surface area (Å²) < 4.78 is 5.47. The van der Waals surface area contributed by atoms with Crippen LogP contribution >= 0.6 is 11.8 Å². The van der Waals surface area contributed by atoms with Gasteiger partial charge in [0.25, 0.3) is 5.91 Å². The molecule has 0 atom stereocenters. The van der Waals surface area contributed by atoms with Crippen molar-refractivity contribution in [1.82, 2.24) is 10.3 Å². The monoisotopic (exact) mass is 331 g/mol. The van der Waals surface area contributed by atoms with Gasteiger partial charge < -0.3 is 10.1 Å². The minimum atomic E-state index is -0.297. The fourth-order valence-corrected chi connectivity index (χ4v) is 3.68. The van der Waals surface area contributed by atoms with Crippen molar-refractivity contribution in [3.63, 3.8) is 0 Å². The van der Waals surface area contributed by atoms with E-state index in [-0.39, 0.29) is 5.91 Å². The molecular weight excluding hydrogens is 310 g/mol. The summed E-state index contributed by atoms with van der Waals surface area (Å²) in [6.45, 7) is 5.89. The van der Waals surface area contributed by atoms with Crippen molar-refractivity contribution in [2.45, 2.75) is 37.9 Å². The van der Waals surface area contributed by atoms with Crippen molar-refractivity contribution in [1.29, 1.82) is 0 Å². The van der Waals surface area contributed by atoms with E-state index in [9.17, 15) is 4.79 Å². The number of hydrogen-bond donors (Lipinski definition) is 1.